The molecule has 0 aromatic heterocycles. The van der Waals surface area contributed by atoms with Gasteiger partial charge in [-0.05, 0) is 35.4 Å². The smallest absolute Gasteiger partial charge is 0.118 e. The van der Waals surface area contributed by atoms with Crippen LogP contribution in [-0.2, 0) is 6.54 Å². The second-order valence-corrected chi connectivity index (χ2v) is 6.74. The third kappa shape index (κ3) is 3.75. The first-order valence-electron chi connectivity index (χ1n) is 9.11. The molecule has 2 aliphatic heterocycles. The summed E-state index contributed by atoms with van der Waals surface area (Å²) < 4.78 is 19.5. The number of halogens is 1. The van der Waals surface area contributed by atoms with Gasteiger partial charge in [-0.3, -0.25) is 0 Å². The Balaban J connectivity index is 1.58. The standard InChI is InChI=1S/C23H21FN2O2/c1-28-21-8-6-17(7-9-21)16-2-4-18(5-3-16)22-12-19-10-11-26(14-20(27)13-24)15-23(19)25-22/h2-12,15,20,27H,13-14H2,1H3. The fourth-order valence-electron chi connectivity index (χ4n) is 3.23. The molecule has 0 radical (unpaired) electrons. The molecule has 5 heteroatoms. The maximum absolute atomic E-state index is 12.5. The fraction of sp³-hybridized carbons (Fsp3) is 0.174. The van der Waals surface area contributed by atoms with Gasteiger partial charge in [-0.25, -0.2) is 9.37 Å². The highest BCUT2D eigenvalue weighted by atomic mass is 19.1. The van der Waals surface area contributed by atoms with Crippen molar-refractivity contribution < 1.29 is 14.2 Å². The Morgan fingerprint density at radius 1 is 0.929 bits per heavy atom. The van der Waals surface area contributed by atoms with Crippen LogP contribution in [0.5, 0.6) is 5.75 Å². The summed E-state index contributed by atoms with van der Waals surface area (Å²) in [4.78, 5) is 4.69. The first kappa shape index (κ1) is 18.2. The Morgan fingerprint density at radius 2 is 1.57 bits per heavy atom. The summed E-state index contributed by atoms with van der Waals surface area (Å²) in [6.45, 7) is -0.545. The van der Waals surface area contributed by atoms with Gasteiger partial charge in [0.25, 0.3) is 0 Å². The van der Waals surface area contributed by atoms with Crippen LogP contribution in [0.4, 0.5) is 4.39 Å². The number of benzene rings is 2. The fourth-order valence-corrected chi connectivity index (χ4v) is 3.23. The number of hydrogen-bond donors (Lipinski definition) is 1. The van der Waals surface area contributed by atoms with Gasteiger partial charge in [0.1, 0.15) is 18.5 Å². The van der Waals surface area contributed by atoms with Crippen LogP contribution in [0.2, 0.25) is 0 Å². The third-order valence-electron chi connectivity index (χ3n) is 4.77. The molecule has 2 aliphatic rings. The van der Waals surface area contributed by atoms with Gasteiger partial charge in [-0.1, -0.05) is 36.4 Å². The van der Waals surface area contributed by atoms with E-state index in [1.807, 2.05) is 48.8 Å². The SMILES string of the molecule is COc1ccc(-c2ccc(-c3cc4ccn(CC(O)CF)cc-4n3)cc2)cc1. The van der Waals surface area contributed by atoms with Crippen molar-refractivity contribution in [2.24, 2.45) is 0 Å². The summed E-state index contributed by atoms with van der Waals surface area (Å²) in [5.74, 6) is 0.837. The quantitative estimate of drug-likeness (QED) is 0.532. The first-order valence-corrected chi connectivity index (χ1v) is 9.11. The lowest BCUT2D eigenvalue weighted by atomic mass is 10.0. The third-order valence-corrected chi connectivity index (χ3v) is 4.77. The van der Waals surface area contributed by atoms with Crippen LogP contribution in [0.25, 0.3) is 33.6 Å². The lowest BCUT2D eigenvalue weighted by Crippen LogP contribution is -2.17. The van der Waals surface area contributed by atoms with Crippen LogP contribution in [0.1, 0.15) is 0 Å². The van der Waals surface area contributed by atoms with E-state index < -0.39 is 12.8 Å². The normalized spacial score (nSPS) is 12.2. The van der Waals surface area contributed by atoms with Crippen molar-refractivity contribution in [3.63, 3.8) is 0 Å². The Labute approximate surface area is 163 Å². The number of nitrogens with zero attached hydrogens (tertiary/aromatic N) is 2. The van der Waals surface area contributed by atoms with Gasteiger partial charge in [0.15, 0.2) is 0 Å². The van der Waals surface area contributed by atoms with Crippen molar-refractivity contribution in [3.8, 4) is 39.4 Å². The van der Waals surface area contributed by atoms with E-state index in [0.717, 1.165) is 39.4 Å². The molecule has 4 rings (SSSR count). The van der Waals surface area contributed by atoms with Crippen LogP contribution in [0.15, 0.2) is 73.1 Å². The molecule has 0 aliphatic carbocycles. The Kier molecular flexibility index (Phi) is 5.08. The number of aliphatic hydroxyl groups excluding tert-OH is 1. The van der Waals surface area contributed by atoms with Crippen molar-refractivity contribution in [3.05, 3.63) is 73.1 Å². The molecular formula is C23H21FN2O2. The minimum atomic E-state index is -0.998. The molecule has 4 nitrogen and oxygen atoms in total. The highest BCUT2D eigenvalue weighted by Gasteiger charge is 2.12. The van der Waals surface area contributed by atoms with Gasteiger partial charge in [-0.15, -0.1) is 0 Å². The van der Waals surface area contributed by atoms with E-state index in [1.165, 1.54) is 0 Å². The van der Waals surface area contributed by atoms with Crippen LogP contribution < -0.4 is 4.74 Å². The molecule has 1 atom stereocenters. The van der Waals surface area contributed by atoms with Gasteiger partial charge < -0.3 is 14.4 Å². The molecule has 1 unspecified atom stereocenters. The molecule has 2 aromatic carbocycles. The number of aromatic nitrogens is 2. The van der Waals surface area contributed by atoms with Gasteiger partial charge in [0.2, 0.25) is 0 Å². The lowest BCUT2D eigenvalue weighted by molar-refractivity contribution is 0.122. The molecule has 0 bridgehead atoms. The number of fused-ring (bicyclic) bond motifs is 1. The van der Waals surface area contributed by atoms with Crippen molar-refractivity contribution in [1.82, 2.24) is 9.55 Å². The topological polar surface area (TPSA) is 47.3 Å². The largest absolute Gasteiger partial charge is 0.497 e. The number of alkyl halides is 1. The Bertz CT molecular complexity index is 1030. The zero-order valence-electron chi connectivity index (χ0n) is 15.5. The Morgan fingerprint density at radius 3 is 2.21 bits per heavy atom. The second kappa shape index (κ2) is 7.82. The molecular weight excluding hydrogens is 355 g/mol. The average molecular weight is 376 g/mol. The number of pyridine rings is 1. The predicted octanol–water partition coefficient (Wildman–Crippen LogP) is 4.66. The molecule has 0 saturated heterocycles. The maximum atomic E-state index is 12.5. The van der Waals surface area contributed by atoms with Crippen molar-refractivity contribution in [2.75, 3.05) is 13.8 Å². The van der Waals surface area contributed by atoms with E-state index in [-0.39, 0.29) is 6.54 Å². The van der Waals surface area contributed by atoms with Crippen molar-refractivity contribution in [2.45, 2.75) is 12.6 Å². The van der Waals surface area contributed by atoms with E-state index in [9.17, 15) is 9.50 Å². The summed E-state index contributed by atoms with van der Waals surface area (Å²) in [5, 5.41) is 9.49. The molecule has 142 valence electrons. The summed E-state index contributed by atoms with van der Waals surface area (Å²) in [7, 11) is 1.66. The van der Waals surface area contributed by atoms with Crippen LogP contribution in [-0.4, -0.2) is 34.5 Å². The van der Waals surface area contributed by atoms with Gasteiger partial charge >= 0.3 is 0 Å². The minimum absolute atomic E-state index is 0.213. The van der Waals surface area contributed by atoms with Gasteiger partial charge in [-0.2, -0.15) is 0 Å². The average Bonchev–Trinajstić information content (AvgIpc) is 3.17. The van der Waals surface area contributed by atoms with Crippen molar-refractivity contribution in [1.29, 1.82) is 0 Å². The minimum Gasteiger partial charge on any atom is -0.497 e. The molecule has 1 N–H and O–H groups in total. The lowest BCUT2D eigenvalue weighted by Gasteiger charge is -2.11. The van der Waals surface area contributed by atoms with E-state index in [0.29, 0.717) is 0 Å². The van der Waals surface area contributed by atoms with Crippen LogP contribution in [0.3, 0.4) is 0 Å². The van der Waals surface area contributed by atoms with E-state index in [2.05, 4.69) is 29.2 Å². The summed E-state index contributed by atoms with van der Waals surface area (Å²) >= 11 is 0. The van der Waals surface area contributed by atoms with Crippen molar-refractivity contribution >= 4 is 0 Å². The number of ether oxygens (including phenoxy) is 1. The zero-order chi connectivity index (χ0) is 19.5. The van der Waals surface area contributed by atoms with Gasteiger partial charge in [0.05, 0.1) is 25.0 Å². The summed E-state index contributed by atoms with van der Waals surface area (Å²) in [5.41, 5.74) is 6.01. The highest BCUT2D eigenvalue weighted by molar-refractivity contribution is 5.75. The maximum Gasteiger partial charge on any atom is 0.118 e. The highest BCUT2D eigenvalue weighted by Crippen LogP contribution is 2.30. The Hall–Kier alpha value is -3.18. The number of rotatable bonds is 6. The molecule has 0 amide bonds. The molecule has 0 saturated carbocycles. The molecule has 0 fully saturated rings. The monoisotopic (exact) mass is 376 g/mol. The predicted molar refractivity (Wildman–Crippen MR) is 108 cm³/mol. The van der Waals surface area contributed by atoms with E-state index in [4.69, 9.17) is 4.74 Å². The number of methoxy groups -OCH3 is 1. The van der Waals surface area contributed by atoms with Gasteiger partial charge in [0, 0.05) is 23.5 Å². The molecule has 28 heavy (non-hydrogen) atoms. The molecule has 2 aromatic rings. The molecule has 2 heterocycles. The van der Waals surface area contributed by atoms with Crippen LogP contribution >= 0.6 is 0 Å². The van der Waals surface area contributed by atoms with E-state index >= 15 is 0 Å². The van der Waals surface area contributed by atoms with E-state index in [1.54, 1.807) is 11.7 Å². The second-order valence-electron chi connectivity index (χ2n) is 6.74. The number of aliphatic hydroxyl groups is 1. The number of hydrogen-bond acceptors (Lipinski definition) is 3. The van der Waals surface area contributed by atoms with Crippen LogP contribution in [0, 0.1) is 0 Å². The first-order chi connectivity index (χ1) is 13.7. The summed E-state index contributed by atoms with van der Waals surface area (Å²) in [6, 6.07) is 20.2. The summed E-state index contributed by atoms with van der Waals surface area (Å²) in [6.07, 6.45) is 2.67. The molecule has 0 spiro atoms. The zero-order valence-corrected chi connectivity index (χ0v) is 15.5.